The third-order valence-electron chi connectivity index (χ3n) is 4.30. The van der Waals surface area contributed by atoms with Gasteiger partial charge in [-0.15, -0.1) is 0 Å². The number of hydrogen-bond acceptors (Lipinski definition) is 2. The van der Waals surface area contributed by atoms with E-state index in [1.807, 2.05) is 54.6 Å². The first-order chi connectivity index (χ1) is 11.2. The van der Waals surface area contributed by atoms with Crippen molar-refractivity contribution in [2.45, 2.75) is 18.8 Å². The molecule has 0 saturated heterocycles. The van der Waals surface area contributed by atoms with Crippen molar-refractivity contribution in [1.29, 1.82) is 0 Å². The van der Waals surface area contributed by atoms with Gasteiger partial charge >= 0.3 is 0 Å². The Labute approximate surface area is 136 Å². The summed E-state index contributed by atoms with van der Waals surface area (Å²) in [7, 11) is 1.75. The number of anilines is 1. The van der Waals surface area contributed by atoms with Gasteiger partial charge in [0.05, 0.1) is 5.92 Å². The summed E-state index contributed by atoms with van der Waals surface area (Å²) in [5, 5.41) is 2.97. The molecule has 0 radical (unpaired) electrons. The van der Waals surface area contributed by atoms with Crippen LogP contribution >= 0.6 is 0 Å². The van der Waals surface area contributed by atoms with Crippen molar-refractivity contribution in [3.63, 3.8) is 0 Å². The van der Waals surface area contributed by atoms with E-state index in [-0.39, 0.29) is 18.2 Å². The molecule has 0 saturated carbocycles. The quantitative estimate of drug-likeness (QED) is 0.943. The molecule has 0 bridgehead atoms. The predicted octanol–water partition coefficient (Wildman–Crippen LogP) is 2.50. The molecular formula is C19H20N2O2. The number of nitrogens with zero attached hydrogens (tertiary/aromatic N) is 1. The van der Waals surface area contributed by atoms with Gasteiger partial charge in [-0.05, 0) is 23.6 Å². The lowest BCUT2D eigenvalue weighted by molar-refractivity contribution is -0.127. The van der Waals surface area contributed by atoms with E-state index in [4.69, 9.17) is 0 Å². The molecule has 1 heterocycles. The second kappa shape index (κ2) is 6.65. The summed E-state index contributed by atoms with van der Waals surface area (Å²) >= 11 is 0. The number of hydrogen-bond donors (Lipinski definition) is 1. The van der Waals surface area contributed by atoms with Crippen molar-refractivity contribution in [1.82, 2.24) is 5.32 Å². The Morgan fingerprint density at radius 2 is 1.83 bits per heavy atom. The minimum atomic E-state index is -0.398. The third kappa shape index (κ3) is 3.26. The number of nitrogens with one attached hydrogen (secondary N) is 1. The smallest absolute Gasteiger partial charge is 0.228 e. The van der Waals surface area contributed by atoms with Crippen molar-refractivity contribution in [2.75, 3.05) is 18.5 Å². The zero-order chi connectivity index (χ0) is 16.2. The molecule has 1 unspecified atom stereocenters. The topological polar surface area (TPSA) is 49.4 Å². The van der Waals surface area contributed by atoms with Crippen LogP contribution in [-0.4, -0.2) is 25.4 Å². The third-order valence-corrected chi connectivity index (χ3v) is 4.30. The Bertz CT molecular complexity index is 712. The van der Waals surface area contributed by atoms with Crippen molar-refractivity contribution in [2.24, 2.45) is 0 Å². The van der Waals surface area contributed by atoms with Gasteiger partial charge in [-0.3, -0.25) is 9.59 Å². The van der Waals surface area contributed by atoms with Gasteiger partial charge in [0, 0.05) is 25.7 Å². The van der Waals surface area contributed by atoms with Crippen LogP contribution in [0.3, 0.4) is 0 Å². The molecule has 2 amide bonds. The molecule has 23 heavy (non-hydrogen) atoms. The Hall–Kier alpha value is -2.62. The first-order valence-corrected chi connectivity index (χ1v) is 7.84. The zero-order valence-electron chi connectivity index (χ0n) is 13.2. The lowest BCUT2D eigenvalue weighted by Gasteiger charge is -2.30. The van der Waals surface area contributed by atoms with Gasteiger partial charge < -0.3 is 10.2 Å². The van der Waals surface area contributed by atoms with Crippen LogP contribution < -0.4 is 10.2 Å². The monoisotopic (exact) mass is 308 g/mol. The maximum Gasteiger partial charge on any atom is 0.228 e. The highest BCUT2D eigenvalue weighted by Crippen LogP contribution is 2.34. The Balaban J connectivity index is 1.68. The second-order valence-corrected chi connectivity index (χ2v) is 5.79. The van der Waals surface area contributed by atoms with Crippen molar-refractivity contribution in [3.05, 3.63) is 65.7 Å². The lowest BCUT2D eigenvalue weighted by Crippen LogP contribution is -2.39. The van der Waals surface area contributed by atoms with Gasteiger partial charge in [-0.25, -0.2) is 0 Å². The molecule has 0 aliphatic carbocycles. The van der Waals surface area contributed by atoms with E-state index < -0.39 is 5.92 Å². The van der Waals surface area contributed by atoms with Crippen LogP contribution in [0.5, 0.6) is 0 Å². The first kappa shape index (κ1) is 15.3. The van der Waals surface area contributed by atoms with E-state index in [0.717, 1.165) is 17.7 Å². The summed E-state index contributed by atoms with van der Waals surface area (Å²) in [6.45, 7) is 0.575. The Morgan fingerprint density at radius 1 is 1.13 bits per heavy atom. The number of para-hydroxylation sites is 1. The molecule has 0 spiro atoms. The molecule has 4 nitrogen and oxygen atoms in total. The molecule has 0 aromatic heterocycles. The molecule has 0 fully saturated rings. The molecule has 2 aromatic rings. The molecule has 1 atom stereocenters. The first-order valence-electron chi connectivity index (χ1n) is 7.84. The van der Waals surface area contributed by atoms with E-state index in [0.29, 0.717) is 6.54 Å². The number of carbonyl (C=O) groups excluding carboxylic acids is 2. The largest absolute Gasteiger partial charge is 0.355 e. The SMILES string of the molecule is CN1C(=O)CC(C(=O)NCCc2ccccc2)c2ccccc21. The number of rotatable bonds is 4. The number of amides is 2. The van der Waals surface area contributed by atoms with E-state index >= 15 is 0 Å². The minimum absolute atomic E-state index is 0.0214. The highest BCUT2D eigenvalue weighted by Gasteiger charge is 2.33. The highest BCUT2D eigenvalue weighted by molar-refractivity contribution is 6.02. The Kier molecular flexibility index (Phi) is 4.42. The van der Waals surface area contributed by atoms with E-state index in [1.165, 1.54) is 5.56 Å². The lowest BCUT2D eigenvalue weighted by atomic mass is 9.89. The van der Waals surface area contributed by atoms with Gasteiger partial charge in [0.25, 0.3) is 0 Å². The van der Waals surface area contributed by atoms with Crippen LogP contribution in [-0.2, 0) is 16.0 Å². The summed E-state index contributed by atoms with van der Waals surface area (Å²) < 4.78 is 0. The van der Waals surface area contributed by atoms with Gasteiger partial charge in [0.1, 0.15) is 0 Å². The Morgan fingerprint density at radius 3 is 2.61 bits per heavy atom. The summed E-state index contributed by atoms with van der Waals surface area (Å²) in [6.07, 6.45) is 1.01. The van der Waals surface area contributed by atoms with Gasteiger partial charge in [-0.1, -0.05) is 48.5 Å². The summed E-state index contributed by atoms with van der Waals surface area (Å²) in [5.41, 5.74) is 2.94. The van der Waals surface area contributed by atoms with E-state index in [1.54, 1.807) is 11.9 Å². The zero-order valence-corrected chi connectivity index (χ0v) is 13.2. The molecule has 1 aliphatic heterocycles. The summed E-state index contributed by atoms with van der Waals surface area (Å²) in [6, 6.07) is 17.7. The fourth-order valence-electron chi connectivity index (χ4n) is 2.98. The van der Waals surface area contributed by atoms with Crippen molar-refractivity contribution >= 4 is 17.5 Å². The predicted molar refractivity (Wildman–Crippen MR) is 90.4 cm³/mol. The molecule has 1 aliphatic rings. The van der Waals surface area contributed by atoms with E-state index in [2.05, 4.69) is 5.32 Å². The molecule has 4 heteroatoms. The molecule has 118 valence electrons. The second-order valence-electron chi connectivity index (χ2n) is 5.79. The normalized spacial score (nSPS) is 16.8. The average molecular weight is 308 g/mol. The molecule has 1 N–H and O–H groups in total. The maximum atomic E-state index is 12.5. The van der Waals surface area contributed by atoms with Crippen molar-refractivity contribution in [3.8, 4) is 0 Å². The van der Waals surface area contributed by atoms with Gasteiger partial charge in [-0.2, -0.15) is 0 Å². The fraction of sp³-hybridized carbons (Fsp3) is 0.263. The number of fused-ring (bicyclic) bond motifs is 1. The van der Waals surface area contributed by atoms with Crippen LogP contribution in [0.4, 0.5) is 5.69 Å². The summed E-state index contributed by atoms with van der Waals surface area (Å²) in [4.78, 5) is 26.3. The maximum absolute atomic E-state index is 12.5. The molecular weight excluding hydrogens is 288 g/mol. The highest BCUT2D eigenvalue weighted by atomic mass is 16.2. The number of carbonyl (C=O) groups is 2. The average Bonchev–Trinajstić information content (AvgIpc) is 2.59. The minimum Gasteiger partial charge on any atom is -0.355 e. The molecule has 2 aromatic carbocycles. The van der Waals surface area contributed by atoms with E-state index in [9.17, 15) is 9.59 Å². The van der Waals surface area contributed by atoms with Crippen LogP contribution in [0.2, 0.25) is 0 Å². The fourth-order valence-corrected chi connectivity index (χ4v) is 2.98. The van der Waals surface area contributed by atoms with Crippen LogP contribution in [0, 0.1) is 0 Å². The van der Waals surface area contributed by atoms with Crippen molar-refractivity contribution < 1.29 is 9.59 Å². The standard InChI is InChI=1S/C19H20N2O2/c1-21-17-10-6-5-9-15(17)16(13-18(21)22)19(23)20-12-11-14-7-3-2-4-8-14/h2-10,16H,11-13H2,1H3,(H,20,23). The van der Waals surface area contributed by atoms with Gasteiger partial charge in [0.2, 0.25) is 11.8 Å². The number of benzene rings is 2. The van der Waals surface area contributed by atoms with Crippen LogP contribution in [0.25, 0.3) is 0 Å². The summed E-state index contributed by atoms with van der Waals surface area (Å²) in [5.74, 6) is -0.493. The molecule has 3 rings (SSSR count). The van der Waals surface area contributed by atoms with Gasteiger partial charge in [0.15, 0.2) is 0 Å². The van der Waals surface area contributed by atoms with Crippen LogP contribution in [0.1, 0.15) is 23.5 Å². The van der Waals surface area contributed by atoms with Crippen LogP contribution in [0.15, 0.2) is 54.6 Å².